The number of nitrogens with zero attached hydrogens (tertiary/aromatic N) is 2. The van der Waals surface area contributed by atoms with Crippen molar-refractivity contribution >= 4 is 5.69 Å². The minimum atomic E-state index is -4.53. The highest BCUT2D eigenvalue weighted by Crippen LogP contribution is 2.43. The topological polar surface area (TPSA) is 50.1 Å². The molecule has 9 heteroatoms. The molecule has 1 saturated carbocycles. The average molecular weight is 409 g/mol. The summed E-state index contributed by atoms with van der Waals surface area (Å²) in [6.07, 6.45) is -4.41. The largest absolute Gasteiger partial charge is 0.435 e. The number of hydrogen-bond donors (Lipinski definition) is 2. The third-order valence-electron chi connectivity index (χ3n) is 4.71. The molecule has 1 aliphatic rings. The maximum atomic E-state index is 13.8. The van der Waals surface area contributed by atoms with Gasteiger partial charge >= 0.3 is 6.18 Å². The molecular weight excluding hydrogens is 393 g/mol. The van der Waals surface area contributed by atoms with Gasteiger partial charge in [-0.1, -0.05) is 12.1 Å². The number of aliphatic hydroxyl groups is 1. The standard InChI is InChI=1S/C20H16F5N3O/c21-15-3-1-2-14(18(15)22)19(29)26-12-6-8-13(9-7-12)28-16(11-4-5-11)10-17(27-28)20(23,24)25/h1-3,6-11,19,26,29H,4-5H2. The predicted molar refractivity (Wildman–Crippen MR) is 95.5 cm³/mol. The van der Waals surface area contributed by atoms with Gasteiger partial charge in [-0.2, -0.15) is 18.3 Å². The van der Waals surface area contributed by atoms with E-state index in [0.717, 1.165) is 25.0 Å². The Kier molecular flexibility index (Phi) is 4.77. The zero-order valence-electron chi connectivity index (χ0n) is 14.9. The minimum absolute atomic E-state index is 0.0502. The quantitative estimate of drug-likeness (QED) is 0.453. The smallest absolute Gasteiger partial charge is 0.369 e. The van der Waals surface area contributed by atoms with Crippen LogP contribution in [0.4, 0.5) is 27.6 Å². The van der Waals surface area contributed by atoms with Gasteiger partial charge in [-0.3, -0.25) is 0 Å². The second kappa shape index (κ2) is 7.14. The van der Waals surface area contributed by atoms with Crippen LogP contribution in [-0.4, -0.2) is 14.9 Å². The summed E-state index contributed by atoms with van der Waals surface area (Å²) < 4.78 is 67.5. The van der Waals surface area contributed by atoms with Crippen molar-refractivity contribution in [3.05, 3.63) is 77.1 Å². The Balaban J connectivity index is 1.57. The second-order valence-corrected chi connectivity index (χ2v) is 6.88. The molecule has 3 aromatic rings. The number of rotatable bonds is 5. The fraction of sp³-hybridized carbons (Fsp3) is 0.250. The van der Waals surface area contributed by atoms with Gasteiger partial charge in [0, 0.05) is 22.9 Å². The van der Waals surface area contributed by atoms with E-state index < -0.39 is 29.7 Å². The zero-order chi connectivity index (χ0) is 20.8. The van der Waals surface area contributed by atoms with Crippen LogP contribution in [0.3, 0.4) is 0 Å². The van der Waals surface area contributed by atoms with Crippen LogP contribution >= 0.6 is 0 Å². The van der Waals surface area contributed by atoms with E-state index >= 15 is 0 Å². The van der Waals surface area contributed by atoms with Crippen molar-refractivity contribution in [3.63, 3.8) is 0 Å². The summed E-state index contributed by atoms with van der Waals surface area (Å²) in [4.78, 5) is 0. The minimum Gasteiger partial charge on any atom is -0.369 e. The van der Waals surface area contributed by atoms with Crippen LogP contribution in [0.5, 0.6) is 0 Å². The third-order valence-corrected chi connectivity index (χ3v) is 4.71. The first-order chi connectivity index (χ1) is 13.7. The molecule has 1 aromatic heterocycles. The molecular formula is C20H16F5N3O. The van der Waals surface area contributed by atoms with E-state index in [1.54, 1.807) is 0 Å². The zero-order valence-corrected chi connectivity index (χ0v) is 14.9. The van der Waals surface area contributed by atoms with Crippen molar-refractivity contribution in [3.8, 4) is 5.69 Å². The monoisotopic (exact) mass is 409 g/mol. The lowest BCUT2D eigenvalue weighted by Gasteiger charge is -2.16. The SMILES string of the molecule is OC(Nc1ccc(-n2nc(C(F)(F)F)cc2C2CC2)cc1)c1cccc(F)c1F. The first-order valence-electron chi connectivity index (χ1n) is 8.90. The molecule has 4 nitrogen and oxygen atoms in total. The van der Waals surface area contributed by atoms with E-state index in [2.05, 4.69) is 10.4 Å². The second-order valence-electron chi connectivity index (χ2n) is 6.88. The molecule has 4 rings (SSSR count). The molecule has 2 aromatic carbocycles. The summed E-state index contributed by atoms with van der Waals surface area (Å²) in [6, 6.07) is 10.6. The van der Waals surface area contributed by atoms with Gasteiger partial charge in [0.05, 0.1) is 5.69 Å². The first kappa shape index (κ1) is 19.4. The van der Waals surface area contributed by atoms with E-state index in [1.807, 2.05) is 0 Å². The van der Waals surface area contributed by atoms with Crippen molar-refractivity contribution < 1.29 is 27.1 Å². The van der Waals surface area contributed by atoms with Crippen LogP contribution in [-0.2, 0) is 6.18 Å². The summed E-state index contributed by atoms with van der Waals surface area (Å²) in [5.74, 6) is -2.19. The summed E-state index contributed by atoms with van der Waals surface area (Å²) in [6.45, 7) is 0. The van der Waals surface area contributed by atoms with Crippen molar-refractivity contribution in [1.82, 2.24) is 9.78 Å². The van der Waals surface area contributed by atoms with Gasteiger partial charge in [-0.25, -0.2) is 13.5 Å². The van der Waals surface area contributed by atoms with Crippen LogP contribution in [0.2, 0.25) is 0 Å². The van der Waals surface area contributed by atoms with Crippen molar-refractivity contribution in [2.75, 3.05) is 5.32 Å². The molecule has 0 amide bonds. The molecule has 0 aliphatic heterocycles. The highest BCUT2D eigenvalue weighted by molar-refractivity contribution is 5.50. The third kappa shape index (κ3) is 3.95. The number of aromatic nitrogens is 2. The fourth-order valence-corrected chi connectivity index (χ4v) is 3.08. The van der Waals surface area contributed by atoms with E-state index in [9.17, 15) is 27.1 Å². The lowest BCUT2D eigenvalue weighted by Crippen LogP contribution is -2.12. The Bertz CT molecular complexity index is 1030. The number of halogens is 5. The number of anilines is 1. The summed E-state index contributed by atoms with van der Waals surface area (Å²) in [5.41, 5.74) is 0.103. The van der Waals surface area contributed by atoms with Gasteiger partial charge in [0.2, 0.25) is 0 Å². The molecule has 1 fully saturated rings. The Morgan fingerprint density at radius 2 is 1.76 bits per heavy atom. The lowest BCUT2D eigenvalue weighted by atomic mass is 10.1. The van der Waals surface area contributed by atoms with E-state index in [4.69, 9.17) is 0 Å². The maximum absolute atomic E-state index is 13.8. The van der Waals surface area contributed by atoms with Gasteiger partial charge in [0.15, 0.2) is 23.6 Å². The number of benzene rings is 2. The van der Waals surface area contributed by atoms with Gasteiger partial charge in [-0.05, 0) is 49.2 Å². The Morgan fingerprint density at radius 3 is 2.38 bits per heavy atom. The molecule has 1 atom stereocenters. The van der Waals surface area contributed by atoms with Crippen LogP contribution in [0.25, 0.3) is 5.69 Å². The molecule has 0 saturated heterocycles. The van der Waals surface area contributed by atoms with Crippen LogP contribution in [0.15, 0.2) is 48.5 Å². The molecule has 2 N–H and O–H groups in total. The molecule has 29 heavy (non-hydrogen) atoms. The van der Waals surface area contributed by atoms with Crippen LogP contribution < -0.4 is 5.32 Å². The highest BCUT2D eigenvalue weighted by Gasteiger charge is 2.38. The van der Waals surface area contributed by atoms with E-state index in [1.165, 1.54) is 41.1 Å². The number of nitrogens with one attached hydrogen (secondary N) is 1. The van der Waals surface area contributed by atoms with Crippen molar-refractivity contribution in [2.45, 2.75) is 31.2 Å². The molecule has 1 heterocycles. The normalized spacial score (nSPS) is 15.4. The van der Waals surface area contributed by atoms with E-state index in [0.29, 0.717) is 17.1 Å². The number of alkyl halides is 3. The number of aliphatic hydroxyl groups excluding tert-OH is 1. The molecule has 0 radical (unpaired) electrons. The van der Waals surface area contributed by atoms with Crippen molar-refractivity contribution in [2.24, 2.45) is 0 Å². The molecule has 152 valence electrons. The maximum Gasteiger partial charge on any atom is 0.435 e. The summed E-state index contributed by atoms with van der Waals surface area (Å²) >= 11 is 0. The van der Waals surface area contributed by atoms with E-state index in [-0.39, 0.29) is 11.5 Å². The molecule has 1 unspecified atom stereocenters. The Labute approximate surface area is 162 Å². The van der Waals surface area contributed by atoms with Gasteiger partial charge in [0.1, 0.15) is 0 Å². The van der Waals surface area contributed by atoms with Gasteiger partial charge < -0.3 is 10.4 Å². The molecule has 0 bridgehead atoms. The number of hydrogen-bond acceptors (Lipinski definition) is 3. The van der Waals surface area contributed by atoms with Crippen molar-refractivity contribution in [1.29, 1.82) is 0 Å². The Hall–Kier alpha value is -2.94. The lowest BCUT2D eigenvalue weighted by molar-refractivity contribution is -0.141. The summed E-state index contributed by atoms with van der Waals surface area (Å²) in [7, 11) is 0. The summed E-state index contributed by atoms with van der Waals surface area (Å²) in [5, 5.41) is 16.4. The highest BCUT2D eigenvalue weighted by atomic mass is 19.4. The molecule has 0 spiro atoms. The predicted octanol–water partition coefficient (Wildman–Crippen LogP) is 5.15. The van der Waals surface area contributed by atoms with Gasteiger partial charge in [-0.15, -0.1) is 0 Å². The Morgan fingerprint density at radius 1 is 1.07 bits per heavy atom. The first-order valence-corrected chi connectivity index (χ1v) is 8.90. The fourth-order valence-electron chi connectivity index (χ4n) is 3.08. The average Bonchev–Trinajstić information content (AvgIpc) is 3.41. The van der Waals surface area contributed by atoms with Crippen LogP contribution in [0.1, 0.15) is 41.9 Å². The molecule has 1 aliphatic carbocycles. The van der Waals surface area contributed by atoms with Crippen LogP contribution in [0, 0.1) is 11.6 Å². The van der Waals surface area contributed by atoms with Gasteiger partial charge in [0.25, 0.3) is 0 Å².